The molecule has 1 amide bonds. The number of carbonyl (C=O) groups is 1. The van der Waals surface area contributed by atoms with Gasteiger partial charge >= 0.3 is 0 Å². The summed E-state index contributed by atoms with van der Waals surface area (Å²) in [6.07, 6.45) is 0. The van der Waals surface area contributed by atoms with Gasteiger partial charge in [0, 0.05) is 5.02 Å². The van der Waals surface area contributed by atoms with Gasteiger partial charge in [0.05, 0.1) is 4.90 Å². The lowest BCUT2D eigenvalue weighted by Gasteiger charge is -2.10. The normalized spacial score (nSPS) is 11.0. The minimum absolute atomic E-state index is 0.111. The van der Waals surface area contributed by atoms with Crippen LogP contribution in [0.2, 0.25) is 5.02 Å². The van der Waals surface area contributed by atoms with Crippen molar-refractivity contribution in [1.82, 2.24) is 10.3 Å². The highest BCUT2D eigenvalue weighted by Gasteiger charge is 2.15. The predicted molar refractivity (Wildman–Crippen MR) is 81.8 cm³/mol. The van der Waals surface area contributed by atoms with Crippen LogP contribution in [0.4, 0.5) is 4.39 Å². The number of sulfonamides is 1. The molecule has 0 aliphatic rings. The van der Waals surface area contributed by atoms with Crippen LogP contribution in [0.3, 0.4) is 0 Å². The fraction of sp³-hybridized carbons (Fsp3) is 0.0714. The maximum absolute atomic E-state index is 13.3. The molecule has 2 aromatic rings. The van der Waals surface area contributed by atoms with Gasteiger partial charge in [-0.15, -0.1) is 4.83 Å². The van der Waals surface area contributed by atoms with E-state index in [4.69, 9.17) is 16.3 Å². The van der Waals surface area contributed by atoms with Crippen LogP contribution in [-0.4, -0.2) is 20.9 Å². The lowest BCUT2D eigenvalue weighted by atomic mass is 10.3. The zero-order valence-corrected chi connectivity index (χ0v) is 13.2. The Hall–Kier alpha value is -2.16. The number of para-hydroxylation sites is 1. The second-order valence-electron chi connectivity index (χ2n) is 4.33. The van der Waals surface area contributed by atoms with E-state index in [-0.39, 0.29) is 15.7 Å². The predicted octanol–water partition coefficient (Wildman–Crippen LogP) is 1.87. The molecule has 0 atom stereocenters. The SMILES string of the molecule is O=C(COc1ccccc1F)NNS(=O)(=O)c1cccc(Cl)c1. The summed E-state index contributed by atoms with van der Waals surface area (Å²) >= 11 is 5.71. The van der Waals surface area contributed by atoms with Gasteiger partial charge in [-0.05, 0) is 30.3 Å². The number of halogens is 2. The van der Waals surface area contributed by atoms with E-state index in [1.807, 2.05) is 10.3 Å². The fourth-order valence-electron chi connectivity index (χ4n) is 1.56. The highest BCUT2D eigenvalue weighted by atomic mass is 35.5. The van der Waals surface area contributed by atoms with Crippen molar-refractivity contribution in [3.8, 4) is 5.75 Å². The van der Waals surface area contributed by atoms with E-state index in [0.717, 1.165) is 0 Å². The Balaban J connectivity index is 1.90. The summed E-state index contributed by atoms with van der Waals surface area (Å²) in [6.45, 7) is -0.557. The van der Waals surface area contributed by atoms with Gasteiger partial charge < -0.3 is 4.74 Å². The Morgan fingerprint density at radius 2 is 1.91 bits per heavy atom. The maximum atomic E-state index is 13.3. The minimum atomic E-state index is -3.96. The van der Waals surface area contributed by atoms with Crippen molar-refractivity contribution in [2.75, 3.05) is 6.61 Å². The zero-order valence-electron chi connectivity index (χ0n) is 11.6. The minimum Gasteiger partial charge on any atom is -0.481 e. The lowest BCUT2D eigenvalue weighted by molar-refractivity contribution is -0.123. The van der Waals surface area contributed by atoms with Crippen molar-refractivity contribution in [2.24, 2.45) is 0 Å². The first kappa shape index (κ1) is 17.2. The summed E-state index contributed by atoms with van der Waals surface area (Å²) in [5, 5.41) is 0.238. The Bertz CT molecular complexity index is 814. The largest absolute Gasteiger partial charge is 0.481 e. The van der Waals surface area contributed by atoms with Gasteiger partial charge in [-0.1, -0.05) is 29.8 Å². The average molecular weight is 359 g/mol. The first-order chi connectivity index (χ1) is 10.9. The van der Waals surface area contributed by atoms with Crippen molar-refractivity contribution < 1.29 is 22.3 Å². The molecular formula is C14H12ClFN2O4S. The molecule has 0 spiro atoms. The molecule has 0 saturated heterocycles. The standard InChI is InChI=1S/C14H12ClFN2O4S/c15-10-4-3-5-11(8-10)23(20,21)18-17-14(19)9-22-13-7-2-1-6-12(13)16/h1-8,18H,9H2,(H,17,19). The van der Waals surface area contributed by atoms with Crippen LogP contribution >= 0.6 is 11.6 Å². The first-order valence-corrected chi connectivity index (χ1v) is 8.18. The molecule has 0 aliphatic carbocycles. The molecule has 122 valence electrons. The number of carbonyl (C=O) groups excluding carboxylic acids is 1. The van der Waals surface area contributed by atoms with Crippen LogP contribution in [0.25, 0.3) is 0 Å². The summed E-state index contributed by atoms with van der Waals surface area (Å²) in [6, 6.07) is 11.1. The van der Waals surface area contributed by atoms with Crippen molar-refractivity contribution in [3.05, 3.63) is 59.4 Å². The number of hydrogen-bond donors (Lipinski definition) is 2. The molecule has 2 aromatic carbocycles. The molecule has 6 nitrogen and oxygen atoms in total. The molecule has 0 radical (unpaired) electrons. The van der Waals surface area contributed by atoms with Crippen LogP contribution in [0.1, 0.15) is 0 Å². The highest BCUT2D eigenvalue weighted by Crippen LogP contribution is 2.15. The molecule has 2 N–H and O–H groups in total. The maximum Gasteiger partial charge on any atom is 0.272 e. The van der Waals surface area contributed by atoms with Gasteiger partial charge in [-0.25, -0.2) is 12.8 Å². The molecule has 9 heteroatoms. The summed E-state index contributed by atoms with van der Waals surface area (Å²) in [4.78, 5) is 13.3. The van der Waals surface area contributed by atoms with Gasteiger partial charge in [0.15, 0.2) is 18.2 Å². The van der Waals surface area contributed by atoms with Crippen molar-refractivity contribution >= 4 is 27.5 Å². The molecule has 0 aliphatic heterocycles. The Morgan fingerprint density at radius 3 is 2.61 bits per heavy atom. The quantitative estimate of drug-likeness (QED) is 0.772. The topological polar surface area (TPSA) is 84.5 Å². The Labute approximate surface area is 137 Å². The first-order valence-electron chi connectivity index (χ1n) is 6.32. The van der Waals surface area contributed by atoms with Crippen molar-refractivity contribution in [2.45, 2.75) is 4.90 Å². The number of ether oxygens (including phenoxy) is 1. The highest BCUT2D eigenvalue weighted by molar-refractivity contribution is 7.89. The van der Waals surface area contributed by atoms with Gasteiger partial charge in [-0.3, -0.25) is 10.2 Å². The molecule has 0 aromatic heterocycles. The second-order valence-corrected chi connectivity index (χ2v) is 6.45. The molecule has 0 bridgehead atoms. The van der Waals surface area contributed by atoms with Crippen LogP contribution in [0, 0.1) is 5.82 Å². The third-order valence-corrected chi connectivity index (χ3v) is 4.11. The molecule has 0 heterocycles. The molecule has 0 unspecified atom stereocenters. The van der Waals surface area contributed by atoms with E-state index in [0.29, 0.717) is 0 Å². The van der Waals surface area contributed by atoms with Gasteiger partial charge in [0.25, 0.3) is 15.9 Å². The third-order valence-electron chi connectivity index (χ3n) is 2.63. The second kappa shape index (κ2) is 7.40. The smallest absolute Gasteiger partial charge is 0.272 e. The number of nitrogens with one attached hydrogen (secondary N) is 2. The summed E-state index contributed by atoms with van der Waals surface area (Å²) in [5.74, 6) is -1.53. The number of hydrazine groups is 1. The van der Waals surface area contributed by atoms with E-state index in [1.54, 1.807) is 0 Å². The molecule has 0 saturated carbocycles. The van der Waals surface area contributed by atoms with E-state index in [9.17, 15) is 17.6 Å². The number of amides is 1. The summed E-state index contributed by atoms with van der Waals surface area (Å²) in [5.41, 5.74) is 1.96. The Morgan fingerprint density at radius 1 is 1.17 bits per heavy atom. The average Bonchev–Trinajstić information content (AvgIpc) is 2.52. The van der Waals surface area contributed by atoms with Crippen LogP contribution in [0.15, 0.2) is 53.4 Å². The molecule has 2 rings (SSSR count). The van der Waals surface area contributed by atoms with E-state index in [2.05, 4.69) is 0 Å². The molecule has 0 fully saturated rings. The van der Waals surface area contributed by atoms with Crippen LogP contribution < -0.4 is 15.0 Å². The van der Waals surface area contributed by atoms with Crippen LogP contribution in [0.5, 0.6) is 5.75 Å². The van der Waals surface area contributed by atoms with Gasteiger partial charge in [0.2, 0.25) is 0 Å². The summed E-state index contributed by atoms with van der Waals surface area (Å²) in [7, 11) is -3.96. The van der Waals surface area contributed by atoms with Crippen molar-refractivity contribution in [3.63, 3.8) is 0 Å². The Kier molecular flexibility index (Phi) is 5.54. The van der Waals surface area contributed by atoms with E-state index in [1.165, 1.54) is 48.5 Å². The number of benzene rings is 2. The zero-order chi connectivity index (χ0) is 16.9. The lowest BCUT2D eigenvalue weighted by Crippen LogP contribution is -2.43. The van der Waals surface area contributed by atoms with Crippen LogP contribution in [-0.2, 0) is 14.8 Å². The molecular weight excluding hydrogens is 347 g/mol. The van der Waals surface area contributed by atoms with E-state index >= 15 is 0 Å². The van der Waals surface area contributed by atoms with Gasteiger partial charge in [0.1, 0.15) is 0 Å². The van der Waals surface area contributed by atoms with Gasteiger partial charge in [-0.2, -0.15) is 0 Å². The number of hydrogen-bond acceptors (Lipinski definition) is 4. The molecule has 23 heavy (non-hydrogen) atoms. The number of rotatable bonds is 6. The van der Waals surface area contributed by atoms with Crippen molar-refractivity contribution in [1.29, 1.82) is 0 Å². The summed E-state index contributed by atoms with van der Waals surface area (Å²) < 4.78 is 42.1. The monoisotopic (exact) mass is 358 g/mol. The fourth-order valence-corrected chi connectivity index (χ4v) is 2.72. The third kappa shape index (κ3) is 4.92. The van der Waals surface area contributed by atoms with E-state index < -0.39 is 28.4 Å².